The van der Waals surface area contributed by atoms with Crippen LogP contribution >= 0.6 is 35.4 Å². The molecule has 0 aliphatic carbocycles. The Bertz CT molecular complexity index is 676. The van der Waals surface area contributed by atoms with E-state index < -0.39 is 0 Å². The lowest BCUT2D eigenvalue weighted by Crippen LogP contribution is -2.20. The molecule has 0 saturated carbocycles. The van der Waals surface area contributed by atoms with Crippen LogP contribution in [0.3, 0.4) is 0 Å². The first-order chi connectivity index (χ1) is 9.88. The summed E-state index contributed by atoms with van der Waals surface area (Å²) in [6.45, 7) is 6.18. The van der Waals surface area contributed by atoms with Gasteiger partial charge in [-0.25, -0.2) is 0 Å². The first-order valence-electron chi connectivity index (χ1n) is 6.48. The van der Waals surface area contributed by atoms with E-state index in [2.05, 4.69) is 43.5 Å². The Morgan fingerprint density at radius 3 is 2.24 bits per heavy atom. The van der Waals surface area contributed by atoms with Crippen LogP contribution in [0.15, 0.2) is 30.3 Å². The molecule has 2 N–H and O–H groups in total. The van der Waals surface area contributed by atoms with Crippen molar-refractivity contribution >= 4 is 51.9 Å². The molecule has 0 amide bonds. The fraction of sp³-hybridized carbons (Fsp3) is 0.188. The molecule has 0 aromatic heterocycles. The summed E-state index contributed by atoms with van der Waals surface area (Å²) < 4.78 is 0. The molecule has 0 spiro atoms. The van der Waals surface area contributed by atoms with Crippen molar-refractivity contribution in [1.29, 1.82) is 0 Å². The highest BCUT2D eigenvalue weighted by Crippen LogP contribution is 2.30. The number of anilines is 2. The molecule has 2 rings (SSSR count). The molecule has 110 valence electrons. The summed E-state index contributed by atoms with van der Waals surface area (Å²) in [4.78, 5) is 0. The highest BCUT2D eigenvalue weighted by Gasteiger charge is 2.09. The Morgan fingerprint density at radius 1 is 1.00 bits per heavy atom. The zero-order valence-electron chi connectivity index (χ0n) is 12.1. The molecular formula is C16H16Cl2N2S. The molecule has 0 fully saturated rings. The number of rotatable bonds is 2. The molecule has 0 saturated heterocycles. The van der Waals surface area contributed by atoms with E-state index >= 15 is 0 Å². The van der Waals surface area contributed by atoms with Crippen LogP contribution in [-0.2, 0) is 0 Å². The third-order valence-electron chi connectivity index (χ3n) is 3.12. The largest absolute Gasteiger partial charge is 0.332 e. The summed E-state index contributed by atoms with van der Waals surface area (Å²) in [7, 11) is 0. The minimum atomic E-state index is 0.459. The Morgan fingerprint density at radius 2 is 1.62 bits per heavy atom. The Kier molecular flexibility index (Phi) is 5.09. The minimum Gasteiger partial charge on any atom is -0.332 e. The maximum Gasteiger partial charge on any atom is 0.175 e. The molecule has 5 heteroatoms. The number of thiocarbonyl (C=S) groups is 1. The third kappa shape index (κ3) is 3.88. The molecule has 21 heavy (non-hydrogen) atoms. The monoisotopic (exact) mass is 338 g/mol. The molecule has 0 aliphatic heterocycles. The second-order valence-corrected chi connectivity index (χ2v) is 6.15. The lowest BCUT2D eigenvalue weighted by Gasteiger charge is -2.16. The van der Waals surface area contributed by atoms with E-state index in [1.807, 2.05) is 12.1 Å². The van der Waals surface area contributed by atoms with E-state index in [9.17, 15) is 0 Å². The van der Waals surface area contributed by atoms with Crippen LogP contribution in [0.4, 0.5) is 11.4 Å². The molecule has 2 aromatic carbocycles. The predicted octanol–water partition coefficient (Wildman–Crippen LogP) is 5.73. The third-order valence-corrected chi connectivity index (χ3v) is 4.14. The Hall–Kier alpha value is -1.29. The second-order valence-electron chi connectivity index (χ2n) is 4.95. The number of benzene rings is 2. The Labute approximate surface area is 140 Å². The van der Waals surface area contributed by atoms with E-state index in [0.717, 1.165) is 16.8 Å². The lowest BCUT2D eigenvalue weighted by atomic mass is 10.1. The van der Waals surface area contributed by atoms with E-state index in [-0.39, 0.29) is 0 Å². The number of hydrogen-bond donors (Lipinski definition) is 2. The fourth-order valence-electron chi connectivity index (χ4n) is 2.24. The van der Waals surface area contributed by atoms with Crippen LogP contribution in [-0.4, -0.2) is 5.11 Å². The van der Waals surface area contributed by atoms with Crippen molar-refractivity contribution in [2.24, 2.45) is 0 Å². The van der Waals surface area contributed by atoms with Crippen LogP contribution in [0.25, 0.3) is 0 Å². The molecule has 2 nitrogen and oxygen atoms in total. The van der Waals surface area contributed by atoms with E-state index in [4.69, 9.17) is 35.4 Å². The van der Waals surface area contributed by atoms with Crippen LogP contribution in [0.2, 0.25) is 10.0 Å². The van der Waals surface area contributed by atoms with Gasteiger partial charge >= 0.3 is 0 Å². The van der Waals surface area contributed by atoms with Crippen LogP contribution in [0.1, 0.15) is 16.7 Å². The van der Waals surface area contributed by atoms with Gasteiger partial charge in [-0.1, -0.05) is 47.0 Å². The van der Waals surface area contributed by atoms with Crippen LogP contribution < -0.4 is 10.6 Å². The number of nitrogens with one attached hydrogen (secondary N) is 2. The summed E-state index contributed by atoms with van der Waals surface area (Å²) in [5.41, 5.74) is 5.22. The van der Waals surface area contributed by atoms with E-state index in [1.54, 1.807) is 6.07 Å². The SMILES string of the molecule is Cc1cc(C)c(NC(=S)Nc2cccc(Cl)c2Cl)c(C)c1. The van der Waals surface area contributed by atoms with Crippen molar-refractivity contribution in [3.63, 3.8) is 0 Å². The minimum absolute atomic E-state index is 0.459. The summed E-state index contributed by atoms with van der Waals surface area (Å²) in [5.74, 6) is 0. The molecule has 0 atom stereocenters. The lowest BCUT2D eigenvalue weighted by molar-refractivity contribution is 1.32. The van der Waals surface area contributed by atoms with Gasteiger partial charge in [-0.05, 0) is 56.2 Å². The first kappa shape index (κ1) is 16.1. The van der Waals surface area contributed by atoms with Gasteiger partial charge in [0, 0.05) is 5.69 Å². The van der Waals surface area contributed by atoms with Gasteiger partial charge in [0.15, 0.2) is 5.11 Å². The molecule has 2 aromatic rings. The first-order valence-corrected chi connectivity index (χ1v) is 7.64. The predicted molar refractivity (Wildman–Crippen MR) is 97.0 cm³/mol. The zero-order chi connectivity index (χ0) is 15.6. The summed E-state index contributed by atoms with van der Waals surface area (Å²) in [5, 5.41) is 7.72. The molecule has 0 bridgehead atoms. The van der Waals surface area contributed by atoms with Gasteiger partial charge in [0.25, 0.3) is 0 Å². The van der Waals surface area contributed by atoms with Crippen molar-refractivity contribution in [1.82, 2.24) is 0 Å². The number of aryl methyl sites for hydroxylation is 3. The van der Waals surface area contributed by atoms with Gasteiger partial charge < -0.3 is 10.6 Å². The topological polar surface area (TPSA) is 24.1 Å². The summed E-state index contributed by atoms with van der Waals surface area (Å²) >= 11 is 17.5. The summed E-state index contributed by atoms with van der Waals surface area (Å²) in [6.07, 6.45) is 0. The van der Waals surface area contributed by atoms with Crippen molar-refractivity contribution in [2.45, 2.75) is 20.8 Å². The zero-order valence-corrected chi connectivity index (χ0v) is 14.4. The van der Waals surface area contributed by atoms with Crippen molar-refractivity contribution in [2.75, 3.05) is 10.6 Å². The fourth-order valence-corrected chi connectivity index (χ4v) is 2.80. The number of hydrogen-bond acceptors (Lipinski definition) is 1. The van der Waals surface area contributed by atoms with Gasteiger partial charge in [-0.2, -0.15) is 0 Å². The molecule has 0 aliphatic rings. The quantitative estimate of drug-likeness (QED) is 0.684. The molecule has 0 heterocycles. The van der Waals surface area contributed by atoms with Gasteiger partial charge in [-0.3, -0.25) is 0 Å². The maximum absolute atomic E-state index is 6.14. The van der Waals surface area contributed by atoms with Crippen molar-refractivity contribution in [3.8, 4) is 0 Å². The van der Waals surface area contributed by atoms with Crippen molar-refractivity contribution in [3.05, 3.63) is 57.1 Å². The Balaban J connectivity index is 2.18. The van der Waals surface area contributed by atoms with Crippen molar-refractivity contribution < 1.29 is 0 Å². The highest BCUT2D eigenvalue weighted by atomic mass is 35.5. The molecule has 0 radical (unpaired) electrons. The van der Waals surface area contributed by atoms with Crippen LogP contribution in [0, 0.1) is 20.8 Å². The number of halogens is 2. The summed E-state index contributed by atoms with van der Waals surface area (Å²) in [6, 6.07) is 9.62. The second kappa shape index (κ2) is 6.65. The smallest absolute Gasteiger partial charge is 0.175 e. The average molecular weight is 339 g/mol. The van der Waals surface area contributed by atoms with Gasteiger partial charge in [-0.15, -0.1) is 0 Å². The molecule has 0 unspecified atom stereocenters. The van der Waals surface area contributed by atoms with E-state index in [1.165, 1.54) is 5.56 Å². The maximum atomic E-state index is 6.14. The standard InChI is InChI=1S/C16H16Cl2N2S/c1-9-7-10(2)15(11(3)8-9)20-16(21)19-13-6-4-5-12(17)14(13)18/h4-8H,1-3H3,(H2,19,20,21). The van der Waals surface area contributed by atoms with Gasteiger partial charge in [0.2, 0.25) is 0 Å². The van der Waals surface area contributed by atoms with Gasteiger partial charge in [0.1, 0.15) is 0 Å². The van der Waals surface area contributed by atoms with Gasteiger partial charge in [0.05, 0.1) is 15.7 Å². The average Bonchev–Trinajstić information content (AvgIpc) is 2.39. The van der Waals surface area contributed by atoms with Crippen LogP contribution in [0.5, 0.6) is 0 Å². The van der Waals surface area contributed by atoms with E-state index in [0.29, 0.717) is 20.8 Å². The molecular weight excluding hydrogens is 323 g/mol. The highest BCUT2D eigenvalue weighted by molar-refractivity contribution is 7.80. The normalized spacial score (nSPS) is 10.3.